The number of hydrogen-bond donors (Lipinski definition) is 1. The van der Waals surface area contributed by atoms with Crippen LogP contribution in [0.2, 0.25) is 5.02 Å². The summed E-state index contributed by atoms with van der Waals surface area (Å²) in [6, 6.07) is 5.18. The van der Waals surface area contributed by atoms with Gasteiger partial charge in [0, 0.05) is 10.1 Å². The lowest BCUT2D eigenvalue weighted by atomic mass is 10.1. The van der Waals surface area contributed by atoms with E-state index in [0.29, 0.717) is 10.3 Å². The van der Waals surface area contributed by atoms with Crippen LogP contribution < -0.4 is 0 Å². The van der Waals surface area contributed by atoms with Crippen molar-refractivity contribution >= 4 is 29.3 Å². The lowest BCUT2D eigenvalue weighted by Crippen LogP contribution is -2.03. The van der Waals surface area contributed by atoms with Crippen molar-refractivity contribution in [2.75, 3.05) is 0 Å². The smallest absolute Gasteiger partial charge is 0.337 e. The van der Waals surface area contributed by atoms with Crippen molar-refractivity contribution in [3.63, 3.8) is 0 Å². The summed E-state index contributed by atoms with van der Waals surface area (Å²) in [5.74, 6) is -0.975. The zero-order chi connectivity index (χ0) is 12.3. The zero-order valence-electron chi connectivity index (χ0n) is 9.23. The number of benzene rings is 1. The molecule has 4 heteroatoms. The molecule has 17 heavy (non-hydrogen) atoms. The lowest BCUT2D eigenvalue weighted by molar-refractivity contribution is 0.0697. The molecule has 0 aliphatic heterocycles. The highest BCUT2D eigenvalue weighted by molar-refractivity contribution is 8.00. The third-order valence-electron chi connectivity index (χ3n) is 2.67. The summed E-state index contributed by atoms with van der Waals surface area (Å²) >= 11 is 7.53. The molecule has 0 heterocycles. The molecule has 0 bridgehead atoms. The molecule has 0 saturated carbocycles. The highest BCUT2D eigenvalue weighted by atomic mass is 35.5. The third kappa shape index (κ3) is 3.27. The standard InChI is InChI=1S/C13H13ClO2S/c14-12-7-6-10(8-11(12)13(15)16)17-9-4-2-1-3-5-9/h2,4,6-9H,1,3,5H2,(H,15,16). The Morgan fingerprint density at radius 1 is 1.47 bits per heavy atom. The minimum Gasteiger partial charge on any atom is -0.478 e. The molecule has 1 aromatic rings. The molecule has 1 aromatic carbocycles. The van der Waals surface area contributed by atoms with Crippen molar-refractivity contribution in [1.82, 2.24) is 0 Å². The predicted molar refractivity (Wildman–Crippen MR) is 71.0 cm³/mol. The van der Waals surface area contributed by atoms with Crippen LogP contribution in [-0.4, -0.2) is 16.3 Å². The Hall–Kier alpha value is -0.930. The first-order valence-electron chi connectivity index (χ1n) is 5.53. The Balaban J connectivity index is 2.16. The maximum atomic E-state index is 11.0. The number of carboxylic acids is 1. The van der Waals surface area contributed by atoms with Gasteiger partial charge in [-0.25, -0.2) is 4.79 Å². The first-order valence-corrected chi connectivity index (χ1v) is 6.79. The van der Waals surface area contributed by atoms with Crippen LogP contribution in [0.3, 0.4) is 0 Å². The van der Waals surface area contributed by atoms with Gasteiger partial charge in [0.2, 0.25) is 0 Å². The van der Waals surface area contributed by atoms with Crippen molar-refractivity contribution in [1.29, 1.82) is 0 Å². The second kappa shape index (κ2) is 5.61. The van der Waals surface area contributed by atoms with E-state index in [1.54, 1.807) is 23.9 Å². The van der Waals surface area contributed by atoms with E-state index in [1.165, 1.54) is 6.42 Å². The van der Waals surface area contributed by atoms with Crippen molar-refractivity contribution in [2.45, 2.75) is 29.4 Å². The summed E-state index contributed by atoms with van der Waals surface area (Å²) in [6.45, 7) is 0. The van der Waals surface area contributed by atoms with E-state index in [9.17, 15) is 4.79 Å². The average Bonchev–Trinajstić information content (AvgIpc) is 2.32. The molecule has 0 saturated heterocycles. The van der Waals surface area contributed by atoms with E-state index < -0.39 is 5.97 Å². The Bertz CT molecular complexity index is 457. The van der Waals surface area contributed by atoms with E-state index in [2.05, 4.69) is 12.2 Å². The van der Waals surface area contributed by atoms with E-state index >= 15 is 0 Å². The maximum Gasteiger partial charge on any atom is 0.337 e. The molecule has 0 amide bonds. The number of rotatable bonds is 3. The molecular formula is C13H13ClO2S. The molecule has 90 valence electrons. The average molecular weight is 269 g/mol. The van der Waals surface area contributed by atoms with Gasteiger partial charge < -0.3 is 5.11 Å². The molecule has 2 nitrogen and oxygen atoms in total. The van der Waals surface area contributed by atoms with Crippen LogP contribution in [0, 0.1) is 0 Å². The minimum atomic E-state index is -0.975. The fourth-order valence-electron chi connectivity index (χ4n) is 1.80. The van der Waals surface area contributed by atoms with Crippen LogP contribution >= 0.6 is 23.4 Å². The molecule has 1 atom stereocenters. The molecule has 0 radical (unpaired) electrons. The summed E-state index contributed by atoms with van der Waals surface area (Å²) in [7, 11) is 0. The number of carbonyl (C=O) groups is 1. The largest absolute Gasteiger partial charge is 0.478 e. The molecule has 2 rings (SSSR count). The summed E-state index contributed by atoms with van der Waals surface area (Å²) in [5.41, 5.74) is 0.177. The number of carboxylic acid groups (broad SMARTS) is 1. The van der Waals surface area contributed by atoms with Gasteiger partial charge in [-0.3, -0.25) is 0 Å². The van der Waals surface area contributed by atoms with Gasteiger partial charge in [0.15, 0.2) is 0 Å². The van der Waals surface area contributed by atoms with Gasteiger partial charge in [-0.2, -0.15) is 0 Å². The zero-order valence-corrected chi connectivity index (χ0v) is 10.8. The van der Waals surface area contributed by atoms with Crippen molar-refractivity contribution in [2.24, 2.45) is 0 Å². The maximum absolute atomic E-state index is 11.0. The van der Waals surface area contributed by atoms with Crippen LogP contribution in [-0.2, 0) is 0 Å². The first kappa shape index (κ1) is 12.5. The second-order valence-corrected chi connectivity index (χ2v) is 5.68. The Kier molecular flexibility index (Phi) is 4.13. The number of allylic oxidation sites excluding steroid dienone is 1. The van der Waals surface area contributed by atoms with Gasteiger partial charge in [-0.05, 0) is 37.5 Å². The molecule has 1 aliphatic carbocycles. The van der Waals surface area contributed by atoms with E-state index in [0.717, 1.165) is 17.7 Å². The van der Waals surface area contributed by atoms with Crippen LogP contribution in [0.15, 0.2) is 35.2 Å². The summed E-state index contributed by atoms with van der Waals surface area (Å²) in [4.78, 5) is 11.9. The molecule has 0 spiro atoms. The number of thioether (sulfide) groups is 1. The Labute approximate surface area is 110 Å². The summed E-state index contributed by atoms with van der Waals surface area (Å²) in [5, 5.41) is 9.73. The lowest BCUT2D eigenvalue weighted by Gasteiger charge is -2.16. The monoisotopic (exact) mass is 268 g/mol. The van der Waals surface area contributed by atoms with Gasteiger partial charge in [-0.1, -0.05) is 23.8 Å². The summed E-state index contributed by atoms with van der Waals surface area (Å²) < 4.78 is 0. The molecule has 1 N–H and O–H groups in total. The normalized spacial score (nSPS) is 19.2. The molecule has 1 aliphatic rings. The fraction of sp³-hybridized carbons (Fsp3) is 0.308. The van der Waals surface area contributed by atoms with Gasteiger partial charge in [0.1, 0.15) is 0 Å². The van der Waals surface area contributed by atoms with Gasteiger partial charge in [0.25, 0.3) is 0 Å². The van der Waals surface area contributed by atoms with Gasteiger partial charge >= 0.3 is 5.97 Å². The van der Waals surface area contributed by atoms with E-state index in [4.69, 9.17) is 16.7 Å². The van der Waals surface area contributed by atoms with Crippen molar-refractivity contribution in [3.05, 3.63) is 40.9 Å². The number of hydrogen-bond acceptors (Lipinski definition) is 2. The number of aromatic carboxylic acids is 1. The second-order valence-electron chi connectivity index (χ2n) is 3.96. The molecule has 0 aromatic heterocycles. The van der Waals surface area contributed by atoms with E-state index in [-0.39, 0.29) is 5.56 Å². The topological polar surface area (TPSA) is 37.3 Å². The summed E-state index contributed by atoms with van der Waals surface area (Å²) in [6.07, 6.45) is 7.89. The quantitative estimate of drug-likeness (QED) is 0.833. The van der Waals surface area contributed by atoms with Crippen LogP contribution in [0.4, 0.5) is 0 Å². The Morgan fingerprint density at radius 2 is 2.29 bits per heavy atom. The molecule has 0 fully saturated rings. The third-order valence-corrected chi connectivity index (χ3v) is 4.22. The first-order chi connectivity index (χ1) is 8.16. The van der Waals surface area contributed by atoms with Crippen LogP contribution in [0.5, 0.6) is 0 Å². The SMILES string of the molecule is O=C(O)c1cc(SC2C=CCCC2)ccc1Cl. The van der Waals surface area contributed by atoms with Crippen LogP contribution in [0.25, 0.3) is 0 Å². The predicted octanol–water partition coefficient (Wildman–Crippen LogP) is 4.24. The minimum absolute atomic E-state index is 0.177. The molecular weight excluding hydrogens is 256 g/mol. The molecule has 1 unspecified atom stereocenters. The van der Waals surface area contributed by atoms with Crippen molar-refractivity contribution < 1.29 is 9.90 Å². The fourth-order valence-corrected chi connectivity index (χ4v) is 3.15. The number of halogens is 1. The highest BCUT2D eigenvalue weighted by Crippen LogP contribution is 2.32. The van der Waals surface area contributed by atoms with Gasteiger partial charge in [-0.15, -0.1) is 11.8 Å². The van der Waals surface area contributed by atoms with E-state index in [1.807, 2.05) is 6.07 Å². The van der Waals surface area contributed by atoms with Crippen molar-refractivity contribution in [3.8, 4) is 0 Å². The van der Waals surface area contributed by atoms with Gasteiger partial charge in [0.05, 0.1) is 10.6 Å². The highest BCUT2D eigenvalue weighted by Gasteiger charge is 2.13. The van der Waals surface area contributed by atoms with Crippen LogP contribution in [0.1, 0.15) is 29.6 Å². The Morgan fingerprint density at radius 3 is 2.94 bits per heavy atom.